The number of fused-ring (bicyclic) bond motifs is 3. The number of carbonyl (C=O) groups excluding carboxylic acids is 2. The lowest BCUT2D eigenvalue weighted by Gasteiger charge is -2.40. The van der Waals surface area contributed by atoms with Crippen LogP contribution in [0.25, 0.3) is 0 Å². The number of imide groups is 1. The zero-order valence-electron chi connectivity index (χ0n) is 14.7. The molecule has 7 nitrogen and oxygen atoms in total. The summed E-state index contributed by atoms with van der Waals surface area (Å²) in [5.74, 6) is 0.918. The van der Waals surface area contributed by atoms with Crippen molar-refractivity contribution in [3.05, 3.63) is 47.8 Å². The van der Waals surface area contributed by atoms with E-state index in [0.717, 1.165) is 11.3 Å². The van der Waals surface area contributed by atoms with E-state index in [1.165, 1.54) is 4.90 Å². The first-order chi connectivity index (χ1) is 12.5. The minimum atomic E-state index is -0.535. The predicted octanol–water partition coefficient (Wildman–Crippen LogP) is 1.86. The Bertz CT molecular complexity index is 809. The Hall–Kier alpha value is -2.54. The Balaban J connectivity index is 1.64. The van der Waals surface area contributed by atoms with Gasteiger partial charge in [-0.15, -0.1) is 11.6 Å². The minimum absolute atomic E-state index is 0.225. The molecular weight excluding hydrogens is 354 g/mol. The number of likely N-dealkylation sites (N-methyl/N-ethyl adjacent to an activating group) is 1. The second kappa shape index (κ2) is 6.32. The average molecular weight is 374 g/mol. The maximum atomic E-state index is 13.2. The number of alkyl halides is 1. The molecule has 4 rings (SSSR count). The van der Waals surface area contributed by atoms with Gasteiger partial charge in [-0.25, -0.2) is 9.79 Å². The molecule has 3 amide bonds. The number of hydrogen-bond donors (Lipinski definition) is 0. The van der Waals surface area contributed by atoms with Gasteiger partial charge in [0.05, 0.1) is 6.54 Å². The van der Waals surface area contributed by atoms with Crippen LogP contribution < -0.4 is 0 Å². The SMILES string of the molecule is CC1=CN2C(=NC3C2C(=O)N(Cc2ccccc2)C(=O)N3C)N1CCCl. The normalized spacial score (nSPS) is 24.7. The van der Waals surface area contributed by atoms with Crippen molar-refractivity contribution in [3.8, 4) is 0 Å². The molecular formula is C18H20ClN5O2. The Kier molecular flexibility index (Phi) is 4.11. The Labute approximate surface area is 157 Å². The number of amides is 3. The van der Waals surface area contributed by atoms with Crippen molar-refractivity contribution in [1.29, 1.82) is 0 Å². The summed E-state index contributed by atoms with van der Waals surface area (Å²) in [6.45, 7) is 2.83. The van der Waals surface area contributed by atoms with Crippen LogP contribution in [-0.2, 0) is 11.3 Å². The van der Waals surface area contributed by atoms with E-state index in [9.17, 15) is 9.59 Å². The lowest BCUT2D eigenvalue weighted by molar-refractivity contribution is -0.137. The summed E-state index contributed by atoms with van der Waals surface area (Å²) in [6.07, 6.45) is 1.40. The molecule has 0 radical (unpaired) electrons. The monoisotopic (exact) mass is 373 g/mol. The molecule has 0 spiro atoms. The lowest BCUT2D eigenvalue weighted by Crippen LogP contribution is -2.63. The number of nitrogens with zero attached hydrogens (tertiary/aromatic N) is 5. The van der Waals surface area contributed by atoms with Crippen LogP contribution in [-0.4, -0.2) is 69.2 Å². The van der Waals surface area contributed by atoms with Crippen molar-refractivity contribution in [2.75, 3.05) is 19.5 Å². The molecule has 1 aromatic rings. The zero-order chi connectivity index (χ0) is 18.4. The first kappa shape index (κ1) is 16.9. The van der Waals surface area contributed by atoms with E-state index in [2.05, 4.69) is 4.99 Å². The summed E-state index contributed by atoms with van der Waals surface area (Å²) >= 11 is 5.90. The van der Waals surface area contributed by atoms with Gasteiger partial charge < -0.3 is 14.7 Å². The van der Waals surface area contributed by atoms with Crippen molar-refractivity contribution in [2.24, 2.45) is 4.99 Å². The number of guanidine groups is 1. The molecule has 0 aliphatic carbocycles. The summed E-state index contributed by atoms with van der Waals surface area (Å²) in [5.41, 5.74) is 1.90. The minimum Gasteiger partial charge on any atom is -0.314 e. The molecule has 2 unspecified atom stereocenters. The molecule has 3 aliphatic rings. The molecule has 26 heavy (non-hydrogen) atoms. The van der Waals surface area contributed by atoms with Crippen LogP contribution in [0.15, 0.2) is 47.2 Å². The third kappa shape index (κ3) is 2.46. The van der Waals surface area contributed by atoms with Gasteiger partial charge in [-0.3, -0.25) is 9.69 Å². The third-order valence-corrected chi connectivity index (χ3v) is 5.16. The van der Waals surface area contributed by atoms with Crippen LogP contribution >= 0.6 is 11.6 Å². The summed E-state index contributed by atoms with van der Waals surface area (Å²) in [5, 5.41) is 0. The number of allylic oxidation sites excluding steroid dienone is 1. The van der Waals surface area contributed by atoms with Crippen LogP contribution in [0.5, 0.6) is 0 Å². The van der Waals surface area contributed by atoms with Gasteiger partial charge in [0.2, 0.25) is 5.96 Å². The van der Waals surface area contributed by atoms with Crippen molar-refractivity contribution in [1.82, 2.24) is 19.6 Å². The number of halogens is 1. The predicted molar refractivity (Wildman–Crippen MR) is 98.2 cm³/mol. The van der Waals surface area contributed by atoms with E-state index in [4.69, 9.17) is 11.6 Å². The third-order valence-electron chi connectivity index (χ3n) is 4.99. The van der Waals surface area contributed by atoms with Crippen molar-refractivity contribution < 1.29 is 9.59 Å². The average Bonchev–Trinajstić information content (AvgIpc) is 3.14. The highest BCUT2D eigenvalue weighted by Gasteiger charge is 2.54. The summed E-state index contributed by atoms with van der Waals surface area (Å²) in [7, 11) is 1.69. The van der Waals surface area contributed by atoms with Crippen molar-refractivity contribution >= 4 is 29.5 Å². The smallest absolute Gasteiger partial charge is 0.314 e. The first-order valence-electron chi connectivity index (χ1n) is 8.53. The highest BCUT2D eigenvalue weighted by Crippen LogP contribution is 2.34. The van der Waals surface area contributed by atoms with E-state index < -0.39 is 12.2 Å². The first-order valence-corrected chi connectivity index (χ1v) is 9.06. The summed E-state index contributed by atoms with van der Waals surface area (Å²) in [4.78, 5) is 37.3. The number of hydrogen-bond acceptors (Lipinski definition) is 5. The lowest BCUT2D eigenvalue weighted by atomic mass is 10.1. The quantitative estimate of drug-likeness (QED) is 0.756. The number of carbonyl (C=O) groups is 2. The van der Waals surface area contributed by atoms with Crippen molar-refractivity contribution in [3.63, 3.8) is 0 Å². The van der Waals surface area contributed by atoms with E-state index in [-0.39, 0.29) is 18.5 Å². The summed E-state index contributed by atoms with van der Waals surface area (Å²) in [6, 6.07) is 8.66. The Morgan fingerprint density at radius 3 is 2.58 bits per heavy atom. The topological polar surface area (TPSA) is 59.5 Å². The molecule has 0 N–H and O–H groups in total. The van der Waals surface area contributed by atoms with Crippen LogP contribution in [0.1, 0.15) is 12.5 Å². The van der Waals surface area contributed by atoms with Gasteiger partial charge in [-0.1, -0.05) is 30.3 Å². The molecule has 1 fully saturated rings. The van der Waals surface area contributed by atoms with E-state index in [0.29, 0.717) is 18.4 Å². The van der Waals surface area contributed by atoms with Gasteiger partial charge in [0.25, 0.3) is 5.91 Å². The fraction of sp³-hybridized carbons (Fsp3) is 0.389. The molecule has 8 heteroatoms. The molecule has 3 heterocycles. The highest BCUT2D eigenvalue weighted by molar-refractivity contribution is 6.18. The fourth-order valence-corrected chi connectivity index (χ4v) is 3.84. The molecule has 3 aliphatic heterocycles. The molecule has 2 atom stereocenters. The van der Waals surface area contributed by atoms with Crippen molar-refractivity contribution in [2.45, 2.75) is 25.7 Å². The second-order valence-electron chi connectivity index (χ2n) is 6.61. The van der Waals surface area contributed by atoms with Gasteiger partial charge >= 0.3 is 6.03 Å². The highest BCUT2D eigenvalue weighted by atomic mass is 35.5. The second-order valence-corrected chi connectivity index (χ2v) is 6.99. The maximum absolute atomic E-state index is 13.2. The molecule has 136 valence electrons. The van der Waals surface area contributed by atoms with Crippen LogP contribution in [0.3, 0.4) is 0 Å². The summed E-state index contributed by atoms with van der Waals surface area (Å²) < 4.78 is 0. The number of rotatable bonds is 4. The van der Waals surface area contributed by atoms with Gasteiger partial charge in [0.15, 0.2) is 12.2 Å². The number of benzene rings is 1. The molecule has 0 bridgehead atoms. The van der Waals surface area contributed by atoms with Crippen LogP contribution in [0, 0.1) is 0 Å². The molecule has 0 aromatic heterocycles. The van der Waals surface area contributed by atoms with Gasteiger partial charge in [-0.05, 0) is 12.5 Å². The Morgan fingerprint density at radius 2 is 1.88 bits per heavy atom. The van der Waals surface area contributed by atoms with Crippen LogP contribution in [0.4, 0.5) is 4.79 Å². The Morgan fingerprint density at radius 1 is 1.15 bits per heavy atom. The van der Waals surface area contributed by atoms with Gasteiger partial charge in [0, 0.05) is 31.4 Å². The van der Waals surface area contributed by atoms with E-state index in [1.54, 1.807) is 11.9 Å². The maximum Gasteiger partial charge on any atom is 0.328 e. The standard InChI is InChI=1S/C18H20ClN5O2/c1-12-10-23-14-15(20-17(23)22(12)9-8-19)21(2)18(26)24(16(14)25)11-13-6-4-3-5-7-13/h3-7,10,14-15H,8-9,11H2,1-2H3. The van der Waals surface area contributed by atoms with Crippen LogP contribution in [0.2, 0.25) is 0 Å². The molecule has 0 saturated carbocycles. The fourth-order valence-electron chi connectivity index (χ4n) is 3.67. The van der Waals surface area contributed by atoms with E-state index in [1.807, 2.05) is 53.3 Å². The zero-order valence-corrected chi connectivity index (χ0v) is 15.4. The molecule has 1 saturated heterocycles. The number of urea groups is 1. The largest absolute Gasteiger partial charge is 0.328 e. The van der Waals surface area contributed by atoms with Gasteiger partial charge in [0.1, 0.15) is 0 Å². The number of aliphatic imine (C=N–C) groups is 1. The van der Waals surface area contributed by atoms with Gasteiger partial charge in [-0.2, -0.15) is 0 Å². The molecule has 1 aromatic carbocycles. The van der Waals surface area contributed by atoms with E-state index >= 15 is 0 Å².